The van der Waals surface area contributed by atoms with Crippen LogP contribution < -0.4 is 11.1 Å². The Kier molecular flexibility index (Phi) is 9.96. The smallest absolute Gasteiger partial charge is 0.251 e. The molecule has 1 aliphatic heterocycles. The normalized spacial score (nSPS) is 15.0. The summed E-state index contributed by atoms with van der Waals surface area (Å²) in [7, 11) is 0. The van der Waals surface area contributed by atoms with Crippen molar-refractivity contribution in [1.29, 1.82) is 0 Å². The van der Waals surface area contributed by atoms with E-state index < -0.39 is 0 Å². The third kappa shape index (κ3) is 7.30. The Morgan fingerprint density at radius 1 is 1.30 bits per heavy atom. The summed E-state index contributed by atoms with van der Waals surface area (Å²) in [5.41, 5.74) is 6.63. The highest BCUT2D eigenvalue weighted by Gasteiger charge is 2.11. The van der Waals surface area contributed by atoms with E-state index in [0.717, 1.165) is 35.5 Å². The summed E-state index contributed by atoms with van der Waals surface area (Å²) in [5.74, 6) is 2.79. The summed E-state index contributed by atoms with van der Waals surface area (Å²) in [6, 6.07) is 7.31. The van der Waals surface area contributed by atoms with Gasteiger partial charge in [0.05, 0.1) is 0 Å². The Hall–Kier alpha value is -0.480. The van der Waals surface area contributed by atoms with Gasteiger partial charge in [-0.1, -0.05) is 15.9 Å². The minimum Gasteiger partial charge on any atom is -0.370 e. The molecule has 1 aromatic carbocycles. The average molecular weight is 513 g/mol. The van der Waals surface area contributed by atoms with Gasteiger partial charge in [0.15, 0.2) is 5.96 Å². The van der Waals surface area contributed by atoms with E-state index in [1.807, 2.05) is 23.9 Å². The molecule has 0 saturated carbocycles. The molecule has 0 unspecified atom stereocenters. The maximum absolute atomic E-state index is 11.9. The molecule has 0 bridgehead atoms. The molecule has 1 heterocycles. The maximum atomic E-state index is 11.9. The molecule has 3 N–H and O–H groups in total. The summed E-state index contributed by atoms with van der Waals surface area (Å²) in [6.45, 7) is 3.18. The predicted molar refractivity (Wildman–Crippen MR) is 112 cm³/mol. The molecule has 0 radical (unpaired) electrons. The lowest BCUT2D eigenvalue weighted by Gasteiger charge is -2.27. The first-order valence-electron chi connectivity index (χ1n) is 7.33. The van der Waals surface area contributed by atoms with E-state index in [4.69, 9.17) is 5.73 Å². The van der Waals surface area contributed by atoms with Gasteiger partial charge in [0, 0.05) is 47.7 Å². The Balaban J connectivity index is 0.00000264. The molecule has 1 fully saturated rings. The topological polar surface area (TPSA) is 70.7 Å². The first-order chi connectivity index (χ1) is 10.7. The van der Waals surface area contributed by atoms with Gasteiger partial charge in [-0.05, 0) is 30.7 Å². The van der Waals surface area contributed by atoms with Crippen LogP contribution in [0.1, 0.15) is 16.8 Å². The zero-order valence-corrected chi connectivity index (χ0v) is 17.6. The number of halogens is 2. The molecule has 0 aromatic heterocycles. The number of nitrogens with one attached hydrogen (secondary N) is 1. The van der Waals surface area contributed by atoms with Crippen molar-refractivity contribution >= 4 is 63.5 Å². The van der Waals surface area contributed by atoms with E-state index >= 15 is 0 Å². The molecule has 23 heavy (non-hydrogen) atoms. The first-order valence-corrected chi connectivity index (χ1v) is 9.28. The lowest BCUT2D eigenvalue weighted by atomic mass is 10.2. The third-order valence-corrected chi connectivity index (χ3v) is 4.81. The van der Waals surface area contributed by atoms with Gasteiger partial charge in [-0.15, -0.1) is 24.0 Å². The molecular formula is C15H22BrIN4OS. The molecule has 0 atom stereocenters. The number of carbonyl (C=O) groups excluding carboxylic acids is 1. The number of guanidine groups is 1. The zero-order chi connectivity index (χ0) is 15.8. The van der Waals surface area contributed by atoms with E-state index in [9.17, 15) is 4.79 Å². The number of nitrogens with two attached hydrogens (primary N) is 1. The minimum atomic E-state index is -0.0579. The van der Waals surface area contributed by atoms with Crippen LogP contribution in [-0.2, 0) is 0 Å². The van der Waals surface area contributed by atoms with E-state index in [1.165, 1.54) is 0 Å². The van der Waals surface area contributed by atoms with Crippen molar-refractivity contribution in [3.05, 3.63) is 34.3 Å². The van der Waals surface area contributed by atoms with Gasteiger partial charge in [0.1, 0.15) is 0 Å². The van der Waals surface area contributed by atoms with Gasteiger partial charge in [-0.25, -0.2) is 0 Å². The van der Waals surface area contributed by atoms with Crippen molar-refractivity contribution in [2.24, 2.45) is 10.7 Å². The van der Waals surface area contributed by atoms with E-state index in [1.54, 1.807) is 12.1 Å². The summed E-state index contributed by atoms with van der Waals surface area (Å²) >= 11 is 5.30. The summed E-state index contributed by atoms with van der Waals surface area (Å²) in [4.78, 5) is 18.4. The van der Waals surface area contributed by atoms with Gasteiger partial charge in [-0.2, -0.15) is 11.8 Å². The Morgan fingerprint density at radius 3 is 2.61 bits per heavy atom. The Bertz CT molecular complexity index is 521. The standard InChI is InChI=1S/C15H21BrN4OS.HI/c16-13-4-2-12(3-5-13)14(21)18-6-1-7-19-15(17)20-8-10-22-11-9-20;/h2-5H,1,6-11H2,(H2,17,19)(H,18,21);1H. The molecule has 1 saturated heterocycles. The molecule has 1 amide bonds. The van der Waals surface area contributed by atoms with Crippen molar-refractivity contribution in [2.75, 3.05) is 37.7 Å². The average Bonchev–Trinajstić information content (AvgIpc) is 2.55. The van der Waals surface area contributed by atoms with Crippen LogP contribution in [0.4, 0.5) is 0 Å². The number of thioether (sulfide) groups is 1. The number of amides is 1. The number of aliphatic imine (C=N–C) groups is 1. The van der Waals surface area contributed by atoms with Crippen molar-refractivity contribution in [2.45, 2.75) is 6.42 Å². The Labute approximate surface area is 167 Å². The number of rotatable bonds is 5. The molecule has 1 aromatic rings. The maximum Gasteiger partial charge on any atom is 0.251 e. The quantitative estimate of drug-likeness (QED) is 0.275. The van der Waals surface area contributed by atoms with Crippen LogP contribution in [0.2, 0.25) is 0 Å². The number of nitrogens with zero attached hydrogens (tertiary/aromatic N) is 2. The van der Waals surface area contributed by atoms with E-state index in [2.05, 4.69) is 31.1 Å². The summed E-state index contributed by atoms with van der Waals surface area (Å²) < 4.78 is 0.963. The van der Waals surface area contributed by atoms with E-state index in [-0.39, 0.29) is 29.9 Å². The highest BCUT2D eigenvalue weighted by Crippen LogP contribution is 2.10. The van der Waals surface area contributed by atoms with Crippen LogP contribution in [0.5, 0.6) is 0 Å². The van der Waals surface area contributed by atoms with Crippen LogP contribution in [-0.4, -0.2) is 54.5 Å². The molecular weight excluding hydrogens is 491 g/mol. The van der Waals surface area contributed by atoms with Crippen LogP contribution in [0.3, 0.4) is 0 Å². The largest absolute Gasteiger partial charge is 0.370 e. The van der Waals surface area contributed by atoms with E-state index in [0.29, 0.717) is 24.6 Å². The van der Waals surface area contributed by atoms with Crippen LogP contribution in [0, 0.1) is 0 Å². The van der Waals surface area contributed by atoms with Crippen LogP contribution >= 0.6 is 51.7 Å². The summed E-state index contributed by atoms with van der Waals surface area (Å²) in [5, 5.41) is 2.89. The number of carbonyl (C=O) groups is 1. The van der Waals surface area contributed by atoms with Crippen molar-refractivity contribution < 1.29 is 4.79 Å². The van der Waals surface area contributed by atoms with Crippen molar-refractivity contribution in [3.8, 4) is 0 Å². The number of hydrogen-bond donors (Lipinski definition) is 2. The SMILES string of the molecule is I.NC(=NCCCNC(=O)c1ccc(Br)cc1)N1CCSCC1. The molecule has 1 aliphatic rings. The van der Waals surface area contributed by atoms with Crippen LogP contribution in [0.15, 0.2) is 33.7 Å². The fraction of sp³-hybridized carbons (Fsp3) is 0.467. The lowest BCUT2D eigenvalue weighted by Crippen LogP contribution is -2.42. The minimum absolute atomic E-state index is 0. The molecule has 2 rings (SSSR count). The number of hydrogen-bond acceptors (Lipinski definition) is 3. The predicted octanol–water partition coefficient (Wildman–Crippen LogP) is 2.55. The molecule has 0 spiro atoms. The van der Waals surface area contributed by atoms with Gasteiger partial charge >= 0.3 is 0 Å². The molecule has 8 heteroatoms. The third-order valence-electron chi connectivity index (χ3n) is 3.34. The highest BCUT2D eigenvalue weighted by molar-refractivity contribution is 14.0. The number of benzene rings is 1. The highest BCUT2D eigenvalue weighted by atomic mass is 127. The lowest BCUT2D eigenvalue weighted by molar-refractivity contribution is 0.0953. The zero-order valence-electron chi connectivity index (χ0n) is 12.8. The van der Waals surface area contributed by atoms with Crippen molar-refractivity contribution in [3.63, 3.8) is 0 Å². The van der Waals surface area contributed by atoms with Gasteiger partial charge in [0.25, 0.3) is 5.91 Å². The first kappa shape index (κ1) is 20.6. The van der Waals surface area contributed by atoms with Gasteiger partial charge < -0.3 is 16.0 Å². The fourth-order valence-electron chi connectivity index (χ4n) is 2.07. The fourth-order valence-corrected chi connectivity index (χ4v) is 3.24. The second-order valence-corrected chi connectivity index (χ2v) is 7.10. The summed E-state index contributed by atoms with van der Waals surface area (Å²) in [6.07, 6.45) is 0.783. The van der Waals surface area contributed by atoms with Gasteiger partial charge in [0.2, 0.25) is 0 Å². The molecule has 128 valence electrons. The van der Waals surface area contributed by atoms with Crippen LogP contribution in [0.25, 0.3) is 0 Å². The molecule has 0 aliphatic carbocycles. The second-order valence-electron chi connectivity index (χ2n) is 4.96. The van der Waals surface area contributed by atoms with Crippen molar-refractivity contribution in [1.82, 2.24) is 10.2 Å². The van der Waals surface area contributed by atoms with Gasteiger partial charge in [-0.3, -0.25) is 9.79 Å². The second kappa shape index (κ2) is 11.1. The Morgan fingerprint density at radius 2 is 1.96 bits per heavy atom. The molecule has 5 nitrogen and oxygen atoms in total. The monoisotopic (exact) mass is 512 g/mol.